The number of carbonyl (C=O) groups is 1. The zero-order chi connectivity index (χ0) is 10.2. The van der Waals surface area contributed by atoms with Crippen LogP contribution in [0.4, 0.5) is 0 Å². The first-order valence-electron chi connectivity index (χ1n) is 5.26. The van der Waals surface area contributed by atoms with E-state index < -0.39 is 0 Å². The number of carbonyl (C=O) groups excluding carboxylic acids is 1. The summed E-state index contributed by atoms with van der Waals surface area (Å²) in [5, 5.41) is 11.9. The van der Waals surface area contributed by atoms with E-state index in [2.05, 4.69) is 12.2 Å². The third-order valence-electron chi connectivity index (χ3n) is 3.80. The van der Waals surface area contributed by atoms with E-state index in [1.807, 2.05) is 0 Å². The summed E-state index contributed by atoms with van der Waals surface area (Å²) in [6.07, 6.45) is 4.94. The monoisotopic (exact) mass is 198 g/mol. The van der Waals surface area contributed by atoms with Crippen LogP contribution in [0, 0.1) is 5.41 Å². The predicted molar refractivity (Wildman–Crippen MR) is 51.9 cm³/mol. The molecular formula is C10H18N2O2. The summed E-state index contributed by atoms with van der Waals surface area (Å²) in [4.78, 5) is 11.1. The lowest BCUT2D eigenvalue weighted by atomic mass is 9.69. The normalized spacial score (nSPS) is 41.0. The van der Waals surface area contributed by atoms with E-state index in [4.69, 9.17) is 5.21 Å². The molecule has 1 heterocycles. The lowest BCUT2D eigenvalue weighted by molar-refractivity contribution is -0.132. The number of hydroxylamine groups is 1. The van der Waals surface area contributed by atoms with Crippen LogP contribution < -0.4 is 10.8 Å². The minimum absolute atomic E-state index is 0.0856. The maximum atomic E-state index is 11.1. The van der Waals surface area contributed by atoms with E-state index >= 15 is 0 Å². The largest absolute Gasteiger partial charge is 0.308 e. The molecule has 0 aromatic rings. The van der Waals surface area contributed by atoms with Crippen molar-refractivity contribution in [2.75, 3.05) is 6.54 Å². The molecule has 4 heteroatoms. The first kappa shape index (κ1) is 9.93. The summed E-state index contributed by atoms with van der Waals surface area (Å²) in [6, 6.07) is 0. The van der Waals surface area contributed by atoms with Gasteiger partial charge in [0.2, 0.25) is 5.91 Å². The molecule has 1 amide bonds. The lowest BCUT2D eigenvalue weighted by Gasteiger charge is -2.36. The van der Waals surface area contributed by atoms with Crippen LogP contribution in [0.2, 0.25) is 0 Å². The summed E-state index contributed by atoms with van der Waals surface area (Å²) in [5.41, 5.74) is 2.23. The van der Waals surface area contributed by atoms with E-state index in [0.717, 1.165) is 19.4 Å². The van der Waals surface area contributed by atoms with Crippen LogP contribution >= 0.6 is 0 Å². The highest BCUT2D eigenvalue weighted by atomic mass is 16.5. The van der Waals surface area contributed by atoms with E-state index in [1.54, 1.807) is 5.48 Å². The van der Waals surface area contributed by atoms with Crippen molar-refractivity contribution in [2.24, 2.45) is 5.41 Å². The quantitative estimate of drug-likeness (QED) is 0.349. The third-order valence-corrected chi connectivity index (χ3v) is 3.80. The van der Waals surface area contributed by atoms with Gasteiger partial charge in [-0.2, -0.15) is 0 Å². The van der Waals surface area contributed by atoms with Crippen LogP contribution in [-0.2, 0) is 4.79 Å². The maximum absolute atomic E-state index is 11.1. The van der Waals surface area contributed by atoms with Gasteiger partial charge in [0.25, 0.3) is 0 Å². The van der Waals surface area contributed by atoms with Gasteiger partial charge in [-0.05, 0) is 31.1 Å². The molecule has 14 heavy (non-hydrogen) atoms. The van der Waals surface area contributed by atoms with Crippen LogP contribution in [-0.4, -0.2) is 23.2 Å². The molecule has 1 spiro atoms. The SMILES string of the molecule is CC1(CC(=O)NO)CCC2(CC1)CN2. The molecule has 80 valence electrons. The van der Waals surface area contributed by atoms with E-state index in [9.17, 15) is 4.79 Å². The van der Waals surface area contributed by atoms with Gasteiger partial charge in [-0.3, -0.25) is 10.0 Å². The first-order valence-corrected chi connectivity index (χ1v) is 5.26. The number of rotatable bonds is 2. The number of amides is 1. The Balaban J connectivity index is 1.87. The standard InChI is InChI=1S/C10H18N2O2/c1-9(6-8(13)12-14)2-4-10(5-3-9)7-11-10/h11,14H,2-7H2,1H3,(H,12,13). The molecule has 3 N–H and O–H groups in total. The average molecular weight is 198 g/mol. The fourth-order valence-corrected chi connectivity index (χ4v) is 2.41. The topological polar surface area (TPSA) is 71.3 Å². The highest BCUT2D eigenvalue weighted by Gasteiger charge is 2.47. The molecule has 2 aliphatic rings. The van der Waals surface area contributed by atoms with Crippen molar-refractivity contribution in [2.45, 2.75) is 44.6 Å². The Morgan fingerprint density at radius 2 is 2.00 bits per heavy atom. The van der Waals surface area contributed by atoms with Gasteiger partial charge >= 0.3 is 0 Å². The summed E-state index contributed by atoms with van der Waals surface area (Å²) in [5.74, 6) is -0.257. The zero-order valence-corrected chi connectivity index (χ0v) is 8.60. The summed E-state index contributed by atoms with van der Waals surface area (Å²) in [6.45, 7) is 3.28. The predicted octanol–water partition coefficient (Wildman–Crippen LogP) is 0.804. The molecule has 2 rings (SSSR count). The Kier molecular flexibility index (Phi) is 2.27. The van der Waals surface area contributed by atoms with Crippen molar-refractivity contribution in [3.63, 3.8) is 0 Å². The maximum Gasteiger partial charge on any atom is 0.243 e. The summed E-state index contributed by atoms with van der Waals surface area (Å²) in [7, 11) is 0. The van der Waals surface area contributed by atoms with Crippen LogP contribution in [0.3, 0.4) is 0 Å². The second kappa shape index (κ2) is 3.21. The highest BCUT2D eigenvalue weighted by molar-refractivity contribution is 5.75. The molecule has 0 unspecified atom stereocenters. The van der Waals surface area contributed by atoms with Crippen LogP contribution in [0.1, 0.15) is 39.0 Å². The van der Waals surface area contributed by atoms with E-state index in [0.29, 0.717) is 12.0 Å². The van der Waals surface area contributed by atoms with Gasteiger partial charge in [-0.15, -0.1) is 0 Å². The van der Waals surface area contributed by atoms with Gasteiger partial charge < -0.3 is 5.32 Å². The van der Waals surface area contributed by atoms with Gasteiger partial charge in [0, 0.05) is 18.5 Å². The second-order valence-corrected chi connectivity index (χ2v) is 5.16. The van der Waals surface area contributed by atoms with Crippen molar-refractivity contribution in [1.29, 1.82) is 0 Å². The third kappa shape index (κ3) is 1.91. The van der Waals surface area contributed by atoms with Crippen LogP contribution in [0.15, 0.2) is 0 Å². The van der Waals surface area contributed by atoms with Gasteiger partial charge in [0.15, 0.2) is 0 Å². The smallest absolute Gasteiger partial charge is 0.243 e. The highest BCUT2D eigenvalue weighted by Crippen LogP contribution is 2.46. The summed E-state index contributed by atoms with van der Waals surface area (Å²) < 4.78 is 0. The van der Waals surface area contributed by atoms with Gasteiger partial charge in [0.05, 0.1) is 0 Å². The van der Waals surface area contributed by atoms with Crippen LogP contribution in [0.25, 0.3) is 0 Å². The number of hydrogen-bond donors (Lipinski definition) is 3. The Hall–Kier alpha value is -0.610. The number of hydrogen-bond acceptors (Lipinski definition) is 3. The van der Waals surface area contributed by atoms with Crippen molar-refractivity contribution in [3.8, 4) is 0 Å². The molecule has 1 aliphatic carbocycles. The van der Waals surface area contributed by atoms with Crippen LogP contribution in [0.5, 0.6) is 0 Å². The first-order chi connectivity index (χ1) is 6.58. The second-order valence-electron chi connectivity index (χ2n) is 5.16. The summed E-state index contributed by atoms with van der Waals surface area (Å²) >= 11 is 0. The molecule has 1 saturated carbocycles. The fraction of sp³-hybridized carbons (Fsp3) is 0.900. The van der Waals surface area contributed by atoms with Gasteiger partial charge in [-0.25, -0.2) is 5.48 Å². The van der Waals surface area contributed by atoms with Gasteiger partial charge in [-0.1, -0.05) is 6.92 Å². The lowest BCUT2D eigenvalue weighted by Crippen LogP contribution is -2.35. The molecular weight excluding hydrogens is 180 g/mol. The Morgan fingerprint density at radius 3 is 2.43 bits per heavy atom. The Labute approximate surface area is 84.0 Å². The minimum Gasteiger partial charge on any atom is -0.308 e. The van der Waals surface area contributed by atoms with Crippen molar-refractivity contribution in [1.82, 2.24) is 10.8 Å². The van der Waals surface area contributed by atoms with E-state index in [1.165, 1.54) is 12.8 Å². The molecule has 1 saturated heterocycles. The Morgan fingerprint density at radius 1 is 1.43 bits per heavy atom. The van der Waals surface area contributed by atoms with Crippen molar-refractivity contribution >= 4 is 5.91 Å². The molecule has 0 aromatic heterocycles. The molecule has 2 fully saturated rings. The molecule has 1 aliphatic heterocycles. The molecule has 4 nitrogen and oxygen atoms in total. The fourth-order valence-electron chi connectivity index (χ4n) is 2.41. The minimum atomic E-state index is -0.257. The van der Waals surface area contributed by atoms with Crippen molar-refractivity contribution in [3.05, 3.63) is 0 Å². The van der Waals surface area contributed by atoms with E-state index in [-0.39, 0.29) is 11.3 Å². The molecule has 0 aromatic carbocycles. The Bertz CT molecular complexity index is 239. The average Bonchev–Trinajstić information content (AvgIpc) is 2.92. The zero-order valence-electron chi connectivity index (χ0n) is 8.60. The van der Waals surface area contributed by atoms with Crippen molar-refractivity contribution < 1.29 is 10.0 Å². The number of nitrogens with one attached hydrogen (secondary N) is 2. The van der Waals surface area contributed by atoms with Gasteiger partial charge in [0.1, 0.15) is 0 Å². The molecule has 0 radical (unpaired) electrons. The molecule has 0 atom stereocenters. The molecule has 0 bridgehead atoms.